The van der Waals surface area contributed by atoms with Gasteiger partial charge in [-0.2, -0.15) is 0 Å². The van der Waals surface area contributed by atoms with E-state index in [1.165, 1.54) is 31.4 Å². The number of hydrogen-bond acceptors (Lipinski definition) is 5. The van der Waals surface area contributed by atoms with Crippen LogP contribution in [0.1, 0.15) is 24.4 Å². The Morgan fingerprint density at radius 2 is 1.77 bits per heavy atom. The summed E-state index contributed by atoms with van der Waals surface area (Å²) in [6, 6.07) is 11.1. The second-order valence-corrected chi connectivity index (χ2v) is 6.65. The number of carbonyl (C=O) groups is 2. The molecule has 0 aliphatic rings. The van der Waals surface area contributed by atoms with E-state index in [0.717, 1.165) is 4.68 Å². The fourth-order valence-corrected chi connectivity index (χ4v) is 3.08. The van der Waals surface area contributed by atoms with Crippen molar-refractivity contribution in [1.29, 1.82) is 0 Å². The van der Waals surface area contributed by atoms with Gasteiger partial charge in [-0.15, -0.1) is 0 Å². The maximum absolute atomic E-state index is 13.2. The molecule has 0 radical (unpaired) electrons. The number of fused-ring (bicyclic) bond motifs is 1. The summed E-state index contributed by atoms with van der Waals surface area (Å²) in [5.41, 5.74) is -0.311. The molecule has 0 spiro atoms. The van der Waals surface area contributed by atoms with Gasteiger partial charge in [0.05, 0.1) is 36.9 Å². The molecule has 30 heavy (non-hydrogen) atoms. The first-order chi connectivity index (χ1) is 14.4. The molecule has 1 atom stereocenters. The minimum absolute atomic E-state index is 0.0564. The van der Waals surface area contributed by atoms with Gasteiger partial charge in [0.1, 0.15) is 5.82 Å². The smallest absolute Gasteiger partial charge is 0.307 e. The number of amides is 1. The molecule has 3 rings (SSSR count). The zero-order valence-corrected chi connectivity index (χ0v) is 16.2. The Bertz CT molecular complexity index is 1180. The number of hydrogen-bond donors (Lipinski definition) is 2. The summed E-state index contributed by atoms with van der Waals surface area (Å²) in [5.74, 6) is -1.43. The van der Waals surface area contributed by atoms with Crippen LogP contribution in [0.25, 0.3) is 10.8 Å². The highest BCUT2D eigenvalue weighted by molar-refractivity contribution is 5.80. The van der Waals surface area contributed by atoms with Crippen LogP contribution in [0, 0.1) is 5.82 Å². The highest BCUT2D eigenvalue weighted by Crippen LogP contribution is 2.18. The Balaban J connectivity index is 1.74. The molecule has 1 heterocycles. The monoisotopic (exact) mass is 413 g/mol. The molecule has 156 valence electrons. The summed E-state index contributed by atoms with van der Waals surface area (Å²) >= 11 is 0. The maximum atomic E-state index is 13.2. The van der Waals surface area contributed by atoms with Gasteiger partial charge in [0.15, 0.2) is 0 Å². The molecule has 0 aliphatic carbocycles. The number of aromatic nitrogens is 2. The molecule has 1 unspecified atom stereocenters. The topological polar surface area (TPSA) is 110 Å². The van der Waals surface area contributed by atoms with Crippen LogP contribution in [-0.4, -0.2) is 28.8 Å². The van der Waals surface area contributed by atoms with Gasteiger partial charge in [0, 0.05) is 6.42 Å². The number of aromatic amines is 1. The van der Waals surface area contributed by atoms with E-state index in [9.17, 15) is 23.6 Å². The lowest BCUT2D eigenvalue weighted by Crippen LogP contribution is -2.34. The van der Waals surface area contributed by atoms with E-state index in [-0.39, 0.29) is 30.2 Å². The van der Waals surface area contributed by atoms with E-state index in [1.54, 1.807) is 24.3 Å². The van der Waals surface area contributed by atoms with E-state index in [1.807, 2.05) is 0 Å². The number of aryl methyl sites for hydroxylation is 1. The Kier molecular flexibility index (Phi) is 6.41. The summed E-state index contributed by atoms with van der Waals surface area (Å²) in [6.07, 6.45) is -0.256. The molecule has 3 aromatic rings. The number of halogens is 1. The van der Waals surface area contributed by atoms with Crippen molar-refractivity contribution in [3.8, 4) is 0 Å². The molecular weight excluding hydrogens is 393 g/mol. The lowest BCUT2D eigenvalue weighted by Gasteiger charge is -2.18. The second-order valence-electron chi connectivity index (χ2n) is 6.65. The van der Waals surface area contributed by atoms with Gasteiger partial charge in [-0.1, -0.05) is 24.3 Å². The van der Waals surface area contributed by atoms with Crippen molar-refractivity contribution < 1.29 is 18.7 Å². The fraction of sp³-hybridized carbons (Fsp3) is 0.238. The quantitative estimate of drug-likeness (QED) is 0.572. The third-order valence-electron chi connectivity index (χ3n) is 4.65. The normalized spacial score (nSPS) is 11.8. The van der Waals surface area contributed by atoms with Crippen LogP contribution in [0.2, 0.25) is 0 Å². The van der Waals surface area contributed by atoms with E-state index in [0.29, 0.717) is 5.56 Å². The highest BCUT2D eigenvalue weighted by Gasteiger charge is 2.19. The number of benzene rings is 2. The molecular formula is C21H20FN3O5. The predicted molar refractivity (Wildman–Crippen MR) is 107 cm³/mol. The number of H-pyrrole nitrogens is 1. The Hall–Kier alpha value is -3.75. The molecule has 1 amide bonds. The van der Waals surface area contributed by atoms with E-state index in [2.05, 4.69) is 15.2 Å². The largest absolute Gasteiger partial charge is 0.469 e. The van der Waals surface area contributed by atoms with Crippen LogP contribution in [0.15, 0.2) is 58.1 Å². The first kappa shape index (κ1) is 21.0. The van der Waals surface area contributed by atoms with Gasteiger partial charge in [-0.25, -0.2) is 9.07 Å². The molecule has 0 aliphatic heterocycles. The van der Waals surface area contributed by atoms with Crippen LogP contribution in [0.4, 0.5) is 4.39 Å². The van der Waals surface area contributed by atoms with Crippen molar-refractivity contribution in [2.24, 2.45) is 0 Å². The standard InChI is InChI=1S/C21H20FN3O5/c1-30-19(27)12-17(13-6-8-14(22)9-7-13)23-18(26)10-11-25-21(29)16-5-3-2-4-15(16)20(28)24-25/h2-9,17H,10-12H2,1H3,(H,23,26)(H,24,28). The van der Waals surface area contributed by atoms with Crippen molar-refractivity contribution in [3.63, 3.8) is 0 Å². The maximum Gasteiger partial charge on any atom is 0.307 e. The first-order valence-electron chi connectivity index (χ1n) is 9.22. The third-order valence-corrected chi connectivity index (χ3v) is 4.65. The summed E-state index contributed by atoms with van der Waals surface area (Å²) in [7, 11) is 1.23. The van der Waals surface area contributed by atoms with Gasteiger partial charge < -0.3 is 10.1 Å². The van der Waals surface area contributed by atoms with Gasteiger partial charge in [-0.3, -0.25) is 24.3 Å². The average Bonchev–Trinajstić information content (AvgIpc) is 2.75. The summed E-state index contributed by atoms with van der Waals surface area (Å²) in [4.78, 5) is 48.8. The van der Waals surface area contributed by atoms with Crippen LogP contribution in [0.5, 0.6) is 0 Å². The molecule has 1 aromatic heterocycles. The number of esters is 1. The number of carbonyl (C=O) groups excluding carboxylic acids is 2. The third kappa shape index (κ3) is 4.80. The summed E-state index contributed by atoms with van der Waals surface area (Å²) in [6.45, 7) is -0.0564. The van der Waals surface area contributed by atoms with Crippen LogP contribution < -0.4 is 16.4 Å². The summed E-state index contributed by atoms with van der Waals surface area (Å²) < 4.78 is 18.9. The highest BCUT2D eigenvalue weighted by atomic mass is 19.1. The number of nitrogens with zero attached hydrogens (tertiary/aromatic N) is 1. The molecule has 0 bridgehead atoms. The van der Waals surface area contributed by atoms with Gasteiger partial charge in [0.25, 0.3) is 11.1 Å². The Labute approximate surface area is 170 Å². The van der Waals surface area contributed by atoms with E-state index < -0.39 is 34.9 Å². The van der Waals surface area contributed by atoms with Crippen molar-refractivity contribution >= 4 is 22.6 Å². The van der Waals surface area contributed by atoms with Crippen molar-refractivity contribution in [3.05, 3.63) is 80.6 Å². The number of methoxy groups -OCH3 is 1. The van der Waals surface area contributed by atoms with Crippen LogP contribution in [0.3, 0.4) is 0 Å². The lowest BCUT2D eigenvalue weighted by molar-refractivity contribution is -0.141. The molecule has 2 aromatic carbocycles. The molecule has 9 heteroatoms. The van der Waals surface area contributed by atoms with Crippen LogP contribution >= 0.6 is 0 Å². The van der Waals surface area contributed by atoms with Gasteiger partial charge >= 0.3 is 5.97 Å². The minimum Gasteiger partial charge on any atom is -0.469 e. The molecule has 0 saturated carbocycles. The van der Waals surface area contributed by atoms with Gasteiger partial charge in [0.2, 0.25) is 5.91 Å². The van der Waals surface area contributed by atoms with Crippen molar-refractivity contribution in [2.75, 3.05) is 7.11 Å². The van der Waals surface area contributed by atoms with E-state index in [4.69, 9.17) is 0 Å². The minimum atomic E-state index is -0.724. The average molecular weight is 413 g/mol. The summed E-state index contributed by atoms with van der Waals surface area (Å²) in [5, 5.41) is 5.69. The Morgan fingerprint density at radius 3 is 2.43 bits per heavy atom. The molecule has 8 nitrogen and oxygen atoms in total. The van der Waals surface area contributed by atoms with Crippen molar-refractivity contribution in [1.82, 2.24) is 15.1 Å². The molecule has 2 N–H and O–H groups in total. The van der Waals surface area contributed by atoms with Gasteiger partial charge in [-0.05, 0) is 29.8 Å². The number of nitrogens with one attached hydrogen (secondary N) is 2. The Morgan fingerprint density at radius 1 is 1.10 bits per heavy atom. The second kappa shape index (κ2) is 9.17. The fourth-order valence-electron chi connectivity index (χ4n) is 3.08. The molecule has 0 fully saturated rings. The zero-order valence-electron chi connectivity index (χ0n) is 16.2. The number of ether oxygens (including phenoxy) is 1. The zero-order chi connectivity index (χ0) is 21.7. The first-order valence-corrected chi connectivity index (χ1v) is 9.22. The predicted octanol–water partition coefficient (Wildman–Crippen LogP) is 1.64. The lowest BCUT2D eigenvalue weighted by atomic mass is 10.0. The van der Waals surface area contributed by atoms with E-state index >= 15 is 0 Å². The number of rotatable bonds is 7. The van der Waals surface area contributed by atoms with Crippen molar-refractivity contribution in [2.45, 2.75) is 25.4 Å². The molecule has 0 saturated heterocycles. The SMILES string of the molecule is COC(=O)CC(NC(=O)CCn1[nH]c(=O)c2ccccc2c1=O)c1ccc(F)cc1. The van der Waals surface area contributed by atoms with Crippen LogP contribution in [-0.2, 0) is 20.9 Å².